The van der Waals surface area contributed by atoms with Crippen LogP contribution in [-0.2, 0) is 23.1 Å². The van der Waals surface area contributed by atoms with E-state index in [0.717, 1.165) is 5.56 Å². The number of nitrogen functional groups attached to an aromatic ring is 1. The second-order valence-corrected chi connectivity index (χ2v) is 9.22. The van der Waals surface area contributed by atoms with Gasteiger partial charge in [0.25, 0.3) is 0 Å². The first-order valence-electron chi connectivity index (χ1n) is 10.5. The minimum atomic E-state index is -4.60. The van der Waals surface area contributed by atoms with Crippen LogP contribution in [0.5, 0.6) is 5.75 Å². The zero-order chi connectivity index (χ0) is 25.2. The third-order valence-electron chi connectivity index (χ3n) is 5.21. The van der Waals surface area contributed by atoms with E-state index >= 15 is 0 Å². The lowest BCUT2D eigenvalue weighted by Gasteiger charge is -2.17. The van der Waals surface area contributed by atoms with Crippen LogP contribution in [0.1, 0.15) is 18.2 Å². The number of rotatable bonds is 9. The zero-order valence-electron chi connectivity index (χ0n) is 18.5. The predicted molar refractivity (Wildman–Crippen MR) is 119 cm³/mol. The highest BCUT2D eigenvalue weighted by atomic mass is 31.2. The number of fused-ring (bicyclic) bond motifs is 1. The van der Waals surface area contributed by atoms with Crippen LogP contribution >= 0.6 is 7.82 Å². The van der Waals surface area contributed by atoms with E-state index in [1.54, 1.807) is 24.3 Å². The van der Waals surface area contributed by atoms with Crippen molar-refractivity contribution in [1.29, 1.82) is 0 Å². The second-order valence-electron chi connectivity index (χ2n) is 7.76. The summed E-state index contributed by atoms with van der Waals surface area (Å²) in [5.41, 5.74) is 7.30. The second kappa shape index (κ2) is 10.3. The largest absolute Gasteiger partial charge is 0.472 e. The molecule has 2 aromatic heterocycles. The van der Waals surface area contributed by atoms with Crippen molar-refractivity contribution in [2.45, 2.75) is 37.9 Å². The molecular weight excluding hydrogens is 485 g/mol. The lowest BCUT2D eigenvalue weighted by Crippen LogP contribution is -2.33. The van der Waals surface area contributed by atoms with E-state index in [9.17, 15) is 24.5 Å². The first-order chi connectivity index (χ1) is 16.6. The molecule has 1 saturated heterocycles. The molecule has 3 aromatic rings. The number of carbonyl (C=O) groups is 1. The Morgan fingerprint density at radius 3 is 2.66 bits per heavy atom. The molecule has 3 heterocycles. The van der Waals surface area contributed by atoms with Gasteiger partial charge in [0.05, 0.1) is 26.0 Å². The Morgan fingerprint density at radius 1 is 1.17 bits per heavy atom. The van der Waals surface area contributed by atoms with E-state index in [1.807, 2.05) is 6.92 Å². The number of aliphatic hydroxyl groups is 2. The number of carbonyl (C=O) groups excluding carboxylic acids is 1. The van der Waals surface area contributed by atoms with Gasteiger partial charge in [-0.1, -0.05) is 17.7 Å². The number of esters is 1. The van der Waals surface area contributed by atoms with Gasteiger partial charge in [0.1, 0.15) is 35.9 Å². The van der Waals surface area contributed by atoms with Crippen LogP contribution in [0.2, 0.25) is 0 Å². The van der Waals surface area contributed by atoms with Gasteiger partial charge in [-0.2, -0.15) is 0 Å². The van der Waals surface area contributed by atoms with Gasteiger partial charge in [0.2, 0.25) is 0 Å². The normalized spacial score (nSPS) is 23.9. The van der Waals surface area contributed by atoms with Gasteiger partial charge >= 0.3 is 13.8 Å². The number of aryl methyl sites for hydroxylation is 1. The molecule has 5 unspecified atom stereocenters. The van der Waals surface area contributed by atoms with Crippen molar-refractivity contribution in [2.75, 3.05) is 18.9 Å². The fraction of sp³-hybridized carbons (Fsp3) is 0.400. The molecular formula is C20H24N5O9P. The summed E-state index contributed by atoms with van der Waals surface area (Å²) in [6.45, 7) is 0.861. The van der Waals surface area contributed by atoms with Crippen LogP contribution in [0, 0.1) is 6.92 Å². The van der Waals surface area contributed by atoms with Crippen LogP contribution in [0.15, 0.2) is 36.9 Å². The Morgan fingerprint density at radius 2 is 1.91 bits per heavy atom. The van der Waals surface area contributed by atoms with Gasteiger partial charge in [-0.3, -0.25) is 18.4 Å². The number of aromatic nitrogens is 4. The van der Waals surface area contributed by atoms with Crippen molar-refractivity contribution in [3.05, 3.63) is 42.5 Å². The third-order valence-corrected chi connectivity index (χ3v) is 6.20. The van der Waals surface area contributed by atoms with Crippen molar-refractivity contribution >= 4 is 30.8 Å². The molecule has 4 rings (SSSR count). The molecule has 1 fully saturated rings. The van der Waals surface area contributed by atoms with E-state index in [2.05, 4.69) is 15.0 Å². The number of nitrogens with zero attached hydrogens (tertiary/aromatic N) is 4. The number of benzene rings is 1. The summed E-state index contributed by atoms with van der Waals surface area (Å²) in [6, 6.07) is 6.79. The van der Waals surface area contributed by atoms with Crippen molar-refractivity contribution in [3.63, 3.8) is 0 Å². The number of ether oxygens (including phenoxy) is 2. The summed E-state index contributed by atoms with van der Waals surface area (Å²) in [7, 11) is -4.60. The highest BCUT2D eigenvalue weighted by Gasteiger charge is 2.45. The maximum absolute atomic E-state index is 12.2. The molecule has 0 aliphatic carbocycles. The molecule has 14 nitrogen and oxygen atoms in total. The monoisotopic (exact) mass is 509 g/mol. The highest BCUT2D eigenvalue weighted by Crippen LogP contribution is 2.44. The number of nitrogens with two attached hydrogens (primary N) is 1. The summed E-state index contributed by atoms with van der Waals surface area (Å²) in [6.07, 6.45) is -2.95. The van der Waals surface area contributed by atoms with Gasteiger partial charge in [-0.15, -0.1) is 0 Å². The van der Waals surface area contributed by atoms with Crippen LogP contribution in [0.3, 0.4) is 0 Å². The van der Waals surface area contributed by atoms with Gasteiger partial charge in [-0.05, 0) is 19.1 Å². The Balaban J connectivity index is 1.28. The molecule has 5 atom stereocenters. The molecule has 15 heteroatoms. The lowest BCUT2D eigenvalue weighted by molar-refractivity contribution is -0.135. The van der Waals surface area contributed by atoms with E-state index in [-0.39, 0.29) is 23.4 Å². The molecule has 1 aliphatic heterocycles. The zero-order valence-corrected chi connectivity index (χ0v) is 19.4. The molecule has 1 aromatic carbocycles. The fourth-order valence-electron chi connectivity index (χ4n) is 3.39. The summed E-state index contributed by atoms with van der Waals surface area (Å²) >= 11 is 0. The first-order valence-corrected chi connectivity index (χ1v) is 12.0. The molecule has 0 spiro atoms. The maximum atomic E-state index is 12.2. The van der Waals surface area contributed by atoms with Crippen molar-refractivity contribution < 1.29 is 43.0 Å². The summed E-state index contributed by atoms with van der Waals surface area (Å²) < 4.78 is 33.9. The van der Waals surface area contributed by atoms with Crippen LogP contribution in [0.4, 0.5) is 5.82 Å². The van der Waals surface area contributed by atoms with Crippen LogP contribution in [0.25, 0.3) is 11.2 Å². The topological polar surface area (TPSA) is 201 Å². The number of phosphoric ester groups is 1. The number of aliphatic hydroxyl groups excluding tert-OH is 2. The SMILES string of the molecule is Cc1ccc(OC(=O)CCOP(=O)(O)OCC2OC(n3cnc4c(N)ncnc43)C(O)C2O)cc1. The quantitative estimate of drug-likeness (QED) is 0.176. The smallest absolute Gasteiger partial charge is 0.426 e. The molecule has 0 saturated carbocycles. The molecule has 0 radical (unpaired) electrons. The molecule has 188 valence electrons. The Bertz CT molecular complexity index is 1240. The standard InChI is InChI=1S/C20H24N5O9P/c1-11-2-4-12(5-3-11)33-14(26)6-7-31-35(29,30)32-8-13-16(27)17(28)20(34-13)25-10-24-15-18(21)22-9-23-19(15)25/h2-5,9-10,13,16-17,20,27-28H,6-8H2,1H3,(H,29,30)(H2,21,22,23). The first kappa shape index (κ1) is 25.1. The number of phosphoric acid groups is 1. The summed E-state index contributed by atoms with van der Waals surface area (Å²) in [5.74, 6) is -0.196. The van der Waals surface area contributed by atoms with Crippen molar-refractivity contribution in [1.82, 2.24) is 19.5 Å². The minimum Gasteiger partial charge on any atom is -0.426 e. The summed E-state index contributed by atoms with van der Waals surface area (Å²) in [5, 5.41) is 20.8. The van der Waals surface area contributed by atoms with E-state index in [4.69, 9.17) is 24.3 Å². The van der Waals surface area contributed by atoms with E-state index in [1.165, 1.54) is 17.2 Å². The van der Waals surface area contributed by atoms with Crippen molar-refractivity contribution in [3.8, 4) is 5.75 Å². The van der Waals surface area contributed by atoms with Gasteiger partial charge in [0, 0.05) is 0 Å². The lowest BCUT2D eigenvalue weighted by atomic mass is 10.1. The maximum Gasteiger partial charge on any atom is 0.472 e. The Labute approximate surface area is 198 Å². The van der Waals surface area contributed by atoms with Crippen LogP contribution in [-0.4, -0.2) is 72.1 Å². The number of imidazole rings is 1. The van der Waals surface area contributed by atoms with E-state index in [0.29, 0.717) is 5.75 Å². The molecule has 5 N–H and O–H groups in total. The number of anilines is 1. The minimum absolute atomic E-state index is 0.128. The average Bonchev–Trinajstić information content (AvgIpc) is 3.36. The number of hydrogen-bond acceptors (Lipinski definition) is 12. The molecule has 35 heavy (non-hydrogen) atoms. The fourth-order valence-corrected chi connectivity index (χ4v) is 4.12. The highest BCUT2D eigenvalue weighted by molar-refractivity contribution is 7.47. The van der Waals surface area contributed by atoms with E-state index < -0.39 is 51.5 Å². The van der Waals surface area contributed by atoms with Gasteiger partial charge in [-0.25, -0.2) is 19.5 Å². The molecule has 0 amide bonds. The van der Waals surface area contributed by atoms with Gasteiger partial charge < -0.3 is 30.3 Å². The average molecular weight is 509 g/mol. The Hall–Kier alpha value is -2.97. The van der Waals surface area contributed by atoms with Gasteiger partial charge in [0.15, 0.2) is 17.7 Å². The molecule has 0 bridgehead atoms. The summed E-state index contributed by atoms with van der Waals surface area (Å²) in [4.78, 5) is 33.7. The van der Waals surface area contributed by atoms with Crippen molar-refractivity contribution in [2.24, 2.45) is 0 Å². The third kappa shape index (κ3) is 5.82. The number of hydrogen-bond donors (Lipinski definition) is 4. The molecule has 1 aliphatic rings. The van der Waals surface area contributed by atoms with Crippen LogP contribution < -0.4 is 10.5 Å². The Kier molecular flexibility index (Phi) is 7.42. The predicted octanol–water partition coefficient (Wildman–Crippen LogP) is 0.465.